The Kier molecular flexibility index (Phi) is 3.48. The minimum atomic E-state index is -4.98. The first-order valence-corrected chi connectivity index (χ1v) is 5.68. The number of methoxy groups -OCH3 is 1. The summed E-state index contributed by atoms with van der Waals surface area (Å²) in [5.74, 6) is -1.49. The topological polar surface area (TPSA) is 56.8 Å². The van der Waals surface area contributed by atoms with Crippen molar-refractivity contribution in [3.05, 3.63) is 10.5 Å². The van der Waals surface area contributed by atoms with E-state index in [0.29, 0.717) is 0 Å². The van der Waals surface area contributed by atoms with Gasteiger partial charge in [0.05, 0.1) is 17.3 Å². The molecule has 19 heavy (non-hydrogen) atoms. The summed E-state index contributed by atoms with van der Waals surface area (Å²) in [7, 11) is 1.32. The van der Waals surface area contributed by atoms with Crippen molar-refractivity contribution < 1.29 is 32.2 Å². The third kappa shape index (κ3) is 2.55. The van der Waals surface area contributed by atoms with Crippen LogP contribution in [0.5, 0.6) is 17.2 Å². The van der Waals surface area contributed by atoms with Crippen molar-refractivity contribution in [1.82, 2.24) is 0 Å². The Hall–Kier alpha value is -1.64. The van der Waals surface area contributed by atoms with Gasteiger partial charge in [-0.15, -0.1) is 0 Å². The number of ether oxygens (including phenoxy) is 3. The number of alkyl halides is 3. The molecule has 0 saturated heterocycles. The molecular formula is C10H7BrF3NO4. The van der Waals surface area contributed by atoms with Crippen molar-refractivity contribution in [1.29, 1.82) is 0 Å². The van der Waals surface area contributed by atoms with Gasteiger partial charge in [-0.2, -0.15) is 13.2 Å². The maximum Gasteiger partial charge on any atom is 0.471 e. The number of hydrogen-bond donors (Lipinski definition) is 1. The third-order valence-corrected chi connectivity index (χ3v) is 3.06. The first kappa shape index (κ1) is 13.8. The van der Waals surface area contributed by atoms with Crippen LogP contribution in [0.25, 0.3) is 0 Å². The Morgan fingerprint density at radius 2 is 2.16 bits per heavy atom. The quantitative estimate of drug-likeness (QED) is 0.898. The van der Waals surface area contributed by atoms with Crippen LogP contribution in [0.4, 0.5) is 18.9 Å². The minimum absolute atomic E-state index is 0.0746. The van der Waals surface area contributed by atoms with Gasteiger partial charge >= 0.3 is 12.1 Å². The van der Waals surface area contributed by atoms with Crippen LogP contribution in [-0.2, 0) is 4.79 Å². The summed E-state index contributed by atoms with van der Waals surface area (Å²) >= 11 is 3.05. The molecule has 1 aliphatic rings. The molecule has 5 nitrogen and oxygen atoms in total. The summed E-state index contributed by atoms with van der Waals surface area (Å²) in [5, 5.41) is 1.73. The average Bonchev–Trinajstić information content (AvgIpc) is 2.76. The molecule has 1 aliphatic heterocycles. The second-order valence-electron chi connectivity index (χ2n) is 3.46. The number of nitrogens with one attached hydrogen (secondary N) is 1. The molecule has 0 spiro atoms. The summed E-state index contributed by atoms with van der Waals surface area (Å²) < 4.78 is 51.9. The van der Waals surface area contributed by atoms with Gasteiger partial charge in [-0.1, -0.05) is 0 Å². The molecule has 0 unspecified atom stereocenters. The second-order valence-corrected chi connectivity index (χ2v) is 4.25. The van der Waals surface area contributed by atoms with Gasteiger partial charge in [0.2, 0.25) is 12.5 Å². The average molecular weight is 342 g/mol. The summed E-state index contributed by atoms with van der Waals surface area (Å²) in [6.07, 6.45) is -4.98. The van der Waals surface area contributed by atoms with E-state index < -0.39 is 12.1 Å². The van der Waals surface area contributed by atoms with Crippen LogP contribution < -0.4 is 19.5 Å². The third-order valence-electron chi connectivity index (χ3n) is 2.27. The molecule has 0 fully saturated rings. The van der Waals surface area contributed by atoms with Gasteiger partial charge in [0.25, 0.3) is 0 Å². The molecule has 104 valence electrons. The molecule has 9 heteroatoms. The van der Waals surface area contributed by atoms with E-state index in [4.69, 9.17) is 14.2 Å². The van der Waals surface area contributed by atoms with Gasteiger partial charge in [-0.3, -0.25) is 4.79 Å². The number of carbonyl (C=O) groups excluding carboxylic acids is 1. The molecule has 0 aromatic heterocycles. The van der Waals surface area contributed by atoms with Crippen LogP contribution in [0.3, 0.4) is 0 Å². The number of benzene rings is 1. The van der Waals surface area contributed by atoms with E-state index in [2.05, 4.69) is 15.9 Å². The Morgan fingerprint density at radius 1 is 1.47 bits per heavy atom. The monoisotopic (exact) mass is 341 g/mol. The van der Waals surface area contributed by atoms with E-state index in [-0.39, 0.29) is 34.2 Å². The molecule has 0 aliphatic carbocycles. The zero-order valence-electron chi connectivity index (χ0n) is 9.43. The van der Waals surface area contributed by atoms with E-state index in [1.807, 2.05) is 0 Å². The van der Waals surface area contributed by atoms with Gasteiger partial charge in [0.1, 0.15) is 0 Å². The fourth-order valence-electron chi connectivity index (χ4n) is 1.46. The fraction of sp³-hybridized carbons (Fsp3) is 0.300. The smallest absolute Gasteiger partial charge is 0.471 e. The van der Waals surface area contributed by atoms with Crippen molar-refractivity contribution in [3.63, 3.8) is 0 Å². The van der Waals surface area contributed by atoms with Gasteiger partial charge in [-0.05, 0) is 15.9 Å². The standard InChI is InChI=1S/C10H7BrF3NO4/c1-17-8-6(11)4(15-9(16)10(12,13)14)2-5-7(8)19-3-18-5/h2H,3H2,1H3,(H,15,16). The molecule has 1 aromatic carbocycles. The minimum Gasteiger partial charge on any atom is -0.492 e. The highest BCUT2D eigenvalue weighted by Crippen LogP contribution is 2.49. The van der Waals surface area contributed by atoms with Crippen LogP contribution in [0.1, 0.15) is 0 Å². The Labute approximate surface area is 113 Å². The van der Waals surface area contributed by atoms with Crippen molar-refractivity contribution in [2.24, 2.45) is 0 Å². The Morgan fingerprint density at radius 3 is 2.74 bits per heavy atom. The van der Waals surface area contributed by atoms with Crippen molar-refractivity contribution in [2.75, 3.05) is 19.2 Å². The molecule has 1 amide bonds. The lowest BCUT2D eigenvalue weighted by molar-refractivity contribution is -0.167. The molecule has 2 rings (SSSR count). The second kappa shape index (κ2) is 4.80. The lowest BCUT2D eigenvalue weighted by Crippen LogP contribution is -2.30. The van der Waals surface area contributed by atoms with Crippen LogP contribution in [0.2, 0.25) is 0 Å². The first-order chi connectivity index (χ1) is 8.84. The molecule has 0 radical (unpaired) electrons. The van der Waals surface area contributed by atoms with Crippen molar-refractivity contribution in [3.8, 4) is 17.2 Å². The highest BCUT2D eigenvalue weighted by Gasteiger charge is 2.39. The molecule has 1 N–H and O–H groups in total. The van der Waals surface area contributed by atoms with E-state index in [0.717, 1.165) is 0 Å². The van der Waals surface area contributed by atoms with Crippen LogP contribution in [0.15, 0.2) is 10.5 Å². The van der Waals surface area contributed by atoms with Crippen LogP contribution in [0, 0.1) is 0 Å². The maximum absolute atomic E-state index is 12.2. The fourth-order valence-corrected chi connectivity index (χ4v) is 2.01. The lowest BCUT2D eigenvalue weighted by atomic mass is 10.2. The normalized spacial score (nSPS) is 13.3. The first-order valence-electron chi connectivity index (χ1n) is 4.89. The molecular weight excluding hydrogens is 335 g/mol. The molecule has 0 saturated carbocycles. The van der Waals surface area contributed by atoms with Crippen molar-refractivity contribution >= 4 is 27.5 Å². The van der Waals surface area contributed by atoms with Crippen LogP contribution >= 0.6 is 15.9 Å². The number of hydrogen-bond acceptors (Lipinski definition) is 4. The van der Waals surface area contributed by atoms with Crippen molar-refractivity contribution in [2.45, 2.75) is 6.18 Å². The number of anilines is 1. The van der Waals surface area contributed by atoms with E-state index >= 15 is 0 Å². The predicted octanol–water partition coefficient (Wildman–Crippen LogP) is 2.69. The summed E-state index contributed by atoms with van der Waals surface area (Å²) in [6.45, 7) is -0.0746. The Bertz CT molecular complexity index is 532. The highest BCUT2D eigenvalue weighted by atomic mass is 79.9. The SMILES string of the molecule is COc1c(Br)c(NC(=O)C(F)(F)F)cc2c1OCO2. The summed E-state index contributed by atoms with van der Waals surface area (Å²) in [5.41, 5.74) is -0.122. The lowest BCUT2D eigenvalue weighted by Gasteiger charge is -2.13. The largest absolute Gasteiger partial charge is 0.492 e. The van der Waals surface area contributed by atoms with Gasteiger partial charge in [0, 0.05) is 6.07 Å². The Balaban J connectivity index is 2.40. The van der Waals surface area contributed by atoms with Gasteiger partial charge in [0.15, 0.2) is 11.5 Å². The van der Waals surface area contributed by atoms with E-state index in [9.17, 15) is 18.0 Å². The molecule has 0 bridgehead atoms. The number of carbonyl (C=O) groups is 1. The van der Waals surface area contributed by atoms with E-state index in [1.54, 1.807) is 5.32 Å². The maximum atomic E-state index is 12.2. The summed E-state index contributed by atoms with van der Waals surface area (Å²) in [4.78, 5) is 10.9. The molecule has 1 heterocycles. The number of fused-ring (bicyclic) bond motifs is 1. The predicted molar refractivity (Wildman–Crippen MR) is 61.5 cm³/mol. The van der Waals surface area contributed by atoms with Crippen LogP contribution in [-0.4, -0.2) is 26.0 Å². The zero-order valence-corrected chi connectivity index (χ0v) is 11.0. The zero-order chi connectivity index (χ0) is 14.2. The number of halogens is 4. The number of amides is 1. The molecule has 1 aromatic rings. The number of rotatable bonds is 2. The van der Waals surface area contributed by atoms with Gasteiger partial charge in [-0.25, -0.2) is 0 Å². The van der Waals surface area contributed by atoms with Gasteiger partial charge < -0.3 is 19.5 Å². The highest BCUT2D eigenvalue weighted by molar-refractivity contribution is 9.10. The molecule has 0 atom stereocenters. The van der Waals surface area contributed by atoms with E-state index in [1.165, 1.54) is 13.2 Å². The summed E-state index contributed by atoms with van der Waals surface area (Å²) in [6, 6.07) is 1.22.